The van der Waals surface area contributed by atoms with Crippen LogP contribution in [0.1, 0.15) is 82.4 Å². The molecule has 0 unspecified atom stereocenters. The lowest BCUT2D eigenvalue weighted by Crippen LogP contribution is -2.33. The number of hydrogen-bond donors (Lipinski definition) is 0. The minimum Gasteiger partial charge on any atom is -0.415 e. The summed E-state index contributed by atoms with van der Waals surface area (Å²) in [5, 5.41) is 0.619. The van der Waals surface area contributed by atoms with E-state index in [1.807, 2.05) is 30.8 Å². The van der Waals surface area contributed by atoms with Crippen LogP contribution in [0.3, 0.4) is 0 Å². The molecule has 0 spiro atoms. The van der Waals surface area contributed by atoms with Crippen molar-refractivity contribution in [1.82, 2.24) is 0 Å². The number of fused-ring (bicyclic) bond motifs is 1. The highest BCUT2D eigenvalue weighted by molar-refractivity contribution is 8.00. The van der Waals surface area contributed by atoms with Crippen LogP contribution in [-0.2, 0) is 16.6 Å². The Morgan fingerprint density at radius 2 is 1.90 bits per heavy atom. The van der Waals surface area contributed by atoms with Crippen LogP contribution in [0.15, 0.2) is 29.2 Å². The van der Waals surface area contributed by atoms with Crippen molar-refractivity contribution in [1.29, 1.82) is 0 Å². The maximum Gasteiger partial charge on any atom is 0.311 e. The first-order chi connectivity index (χ1) is 13.6. The third kappa shape index (κ3) is 5.27. The van der Waals surface area contributed by atoms with Gasteiger partial charge in [-0.2, -0.15) is 0 Å². The minimum absolute atomic E-state index is 0.135. The molecule has 1 aromatic carbocycles. The molecule has 0 saturated carbocycles. The Balaban J connectivity index is 1.90. The lowest BCUT2D eigenvalue weighted by molar-refractivity contribution is -0.134. The monoisotopic (exact) mass is 426 g/mol. The van der Waals surface area contributed by atoms with Gasteiger partial charge >= 0.3 is 5.97 Å². The molecule has 0 bridgehead atoms. The lowest BCUT2D eigenvalue weighted by atomic mass is 9.76. The van der Waals surface area contributed by atoms with Crippen LogP contribution in [0.2, 0.25) is 0 Å². The summed E-state index contributed by atoms with van der Waals surface area (Å²) in [5.74, 6) is 6.49. The molecule has 2 nitrogen and oxygen atoms in total. The van der Waals surface area contributed by atoms with E-state index >= 15 is 0 Å². The molecule has 0 aliphatic carbocycles. The van der Waals surface area contributed by atoms with Crippen molar-refractivity contribution in [2.45, 2.75) is 82.3 Å². The SMILES string of the molecule is CCCC(=O)Oc1ccc(C#Cc2cc3c(cc2CC)SC(C)(C)CC3(C)C)s1. The van der Waals surface area contributed by atoms with E-state index in [-0.39, 0.29) is 16.1 Å². The van der Waals surface area contributed by atoms with Gasteiger partial charge in [0.1, 0.15) is 0 Å². The van der Waals surface area contributed by atoms with E-state index < -0.39 is 0 Å². The lowest BCUT2D eigenvalue weighted by Gasteiger charge is -2.42. The molecule has 4 heteroatoms. The van der Waals surface area contributed by atoms with Crippen molar-refractivity contribution >= 4 is 29.1 Å². The number of carbonyl (C=O) groups is 1. The number of rotatable bonds is 4. The van der Waals surface area contributed by atoms with Gasteiger partial charge in [0.05, 0.1) is 4.88 Å². The van der Waals surface area contributed by atoms with Crippen LogP contribution >= 0.6 is 23.1 Å². The van der Waals surface area contributed by atoms with E-state index in [4.69, 9.17) is 4.74 Å². The number of hydrogen-bond acceptors (Lipinski definition) is 4. The Hall–Kier alpha value is -1.70. The number of ether oxygens (including phenoxy) is 1. The second-order valence-corrected chi connectivity index (χ2v) is 11.7. The minimum atomic E-state index is -0.181. The standard InChI is InChI=1S/C25H30O2S2/c1-7-9-22(26)27-23-13-12-19(28-23)11-10-18-14-20-21(15-17(18)8-2)29-25(5,6)16-24(20,3)4/h12-15H,7-9,16H2,1-6H3. The van der Waals surface area contributed by atoms with Crippen molar-refractivity contribution in [2.24, 2.45) is 0 Å². The molecule has 0 radical (unpaired) electrons. The zero-order chi connectivity index (χ0) is 21.2. The zero-order valence-corrected chi connectivity index (χ0v) is 19.9. The molecule has 1 aliphatic rings. The first kappa shape index (κ1) is 22.0. The highest BCUT2D eigenvalue weighted by Crippen LogP contribution is 2.51. The molecule has 0 N–H and O–H groups in total. The van der Waals surface area contributed by atoms with Gasteiger partial charge in [-0.15, -0.1) is 11.8 Å². The normalized spacial score (nSPS) is 16.5. The summed E-state index contributed by atoms with van der Waals surface area (Å²) >= 11 is 3.41. The maximum absolute atomic E-state index is 11.7. The average Bonchev–Trinajstić information content (AvgIpc) is 3.05. The highest BCUT2D eigenvalue weighted by Gasteiger charge is 2.38. The Bertz CT molecular complexity index is 970. The van der Waals surface area contributed by atoms with Crippen LogP contribution in [0.5, 0.6) is 5.06 Å². The van der Waals surface area contributed by atoms with Crippen molar-refractivity contribution in [2.75, 3.05) is 0 Å². The third-order valence-corrected chi connectivity index (χ3v) is 7.27. The van der Waals surface area contributed by atoms with Gasteiger partial charge in [0.25, 0.3) is 0 Å². The van der Waals surface area contributed by atoms with E-state index in [9.17, 15) is 4.79 Å². The van der Waals surface area contributed by atoms with E-state index in [1.54, 1.807) is 0 Å². The second kappa shape index (κ2) is 8.58. The zero-order valence-electron chi connectivity index (χ0n) is 18.3. The largest absolute Gasteiger partial charge is 0.415 e. The highest BCUT2D eigenvalue weighted by atomic mass is 32.2. The summed E-state index contributed by atoms with van der Waals surface area (Å²) in [6, 6.07) is 8.41. The topological polar surface area (TPSA) is 26.3 Å². The van der Waals surface area contributed by atoms with Crippen molar-refractivity contribution < 1.29 is 9.53 Å². The third-order valence-electron chi connectivity index (χ3n) is 5.14. The molecule has 3 rings (SSSR count). The predicted molar refractivity (Wildman–Crippen MR) is 124 cm³/mol. The first-order valence-corrected chi connectivity index (χ1v) is 12.0. The van der Waals surface area contributed by atoms with E-state index in [0.717, 1.165) is 29.7 Å². The van der Waals surface area contributed by atoms with Gasteiger partial charge in [0.2, 0.25) is 0 Å². The molecule has 29 heavy (non-hydrogen) atoms. The summed E-state index contributed by atoms with van der Waals surface area (Å²) in [6.07, 6.45) is 3.34. The second-order valence-electron chi connectivity index (χ2n) is 8.87. The van der Waals surface area contributed by atoms with Gasteiger partial charge < -0.3 is 4.74 Å². The van der Waals surface area contributed by atoms with Crippen LogP contribution in [-0.4, -0.2) is 10.7 Å². The Kier molecular flexibility index (Phi) is 6.51. The molecule has 2 heterocycles. The summed E-state index contributed by atoms with van der Waals surface area (Å²) in [5.41, 5.74) is 3.95. The molecular weight excluding hydrogens is 396 g/mol. The molecule has 0 saturated heterocycles. The van der Waals surface area contributed by atoms with Crippen LogP contribution in [0.25, 0.3) is 0 Å². The van der Waals surface area contributed by atoms with Gasteiger partial charge in [-0.25, -0.2) is 0 Å². The smallest absolute Gasteiger partial charge is 0.311 e. The Labute approximate surface area is 183 Å². The van der Waals surface area contributed by atoms with Gasteiger partial charge in [0, 0.05) is 21.6 Å². The van der Waals surface area contributed by atoms with Crippen molar-refractivity contribution in [3.05, 3.63) is 45.8 Å². The molecule has 0 amide bonds. The number of benzene rings is 1. The van der Waals surface area contributed by atoms with Gasteiger partial charge in [-0.1, -0.05) is 64.7 Å². The molecule has 0 fully saturated rings. The van der Waals surface area contributed by atoms with E-state index in [2.05, 4.69) is 58.6 Å². The van der Waals surface area contributed by atoms with Crippen LogP contribution < -0.4 is 4.74 Å². The maximum atomic E-state index is 11.7. The van der Waals surface area contributed by atoms with Crippen molar-refractivity contribution in [3.8, 4) is 16.9 Å². The quantitative estimate of drug-likeness (QED) is 0.390. The average molecular weight is 427 g/mol. The van der Waals surface area contributed by atoms with Crippen LogP contribution in [0, 0.1) is 11.8 Å². The molecule has 1 aliphatic heterocycles. The fourth-order valence-corrected chi connectivity index (χ4v) is 6.48. The number of esters is 1. The van der Waals surface area contributed by atoms with E-state index in [0.29, 0.717) is 11.5 Å². The molecule has 2 aromatic rings. The number of aryl methyl sites for hydroxylation is 1. The van der Waals surface area contributed by atoms with Crippen LogP contribution in [0.4, 0.5) is 0 Å². The van der Waals surface area contributed by atoms with Gasteiger partial charge in [-0.3, -0.25) is 4.79 Å². The van der Waals surface area contributed by atoms with Crippen molar-refractivity contribution in [3.63, 3.8) is 0 Å². The predicted octanol–water partition coefficient (Wildman–Crippen LogP) is 6.97. The number of thioether (sulfide) groups is 1. The fraction of sp³-hybridized carbons (Fsp3) is 0.480. The van der Waals surface area contributed by atoms with Gasteiger partial charge in [0.15, 0.2) is 5.06 Å². The molecular formula is C25H30O2S2. The Morgan fingerprint density at radius 1 is 1.14 bits per heavy atom. The molecule has 1 aromatic heterocycles. The molecule has 0 atom stereocenters. The first-order valence-electron chi connectivity index (χ1n) is 10.3. The summed E-state index contributed by atoms with van der Waals surface area (Å²) < 4.78 is 5.61. The Morgan fingerprint density at radius 3 is 2.59 bits per heavy atom. The molecule has 154 valence electrons. The van der Waals surface area contributed by atoms with E-state index in [1.165, 1.54) is 27.4 Å². The summed E-state index contributed by atoms with van der Waals surface area (Å²) in [6.45, 7) is 13.5. The summed E-state index contributed by atoms with van der Waals surface area (Å²) in [4.78, 5) is 14.0. The summed E-state index contributed by atoms with van der Waals surface area (Å²) in [7, 11) is 0. The fourth-order valence-electron chi connectivity index (χ4n) is 4.08. The number of carbonyl (C=O) groups excluding carboxylic acids is 1. The van der Waals surface area contributed by atoms with Gasteiger partial charge in [-0.05, 0) is 60.1 Å². The number of thiophene rings is 1.